The number of nitrogens with one attached hydrogen (secondary N) is 1. The fourth-order valence-electron chi connectivity index (χ4n) is 4.07. The van der Waals surface area contributed by atoms with Gasteiger partial charge in [-0.1, -0.05) is 35.3 Å². The van der Waals surface area contributed by atoms with Gasteiger partial charge in [0.2, 0.25) is 0 Å². The lowest BCUT2D eigenvalue weighted by atomic mass is 9.99. The summed E-state index contributed by atoms with van der Waals surface area (Å²) < 4.78 is 28.3. The molecule has 0 saturated carbocycles. The minimum absolute atomic E-state index is 0.0137. The molecule has 1 atom stereocenters. The van der Waals surface area contributed by atoms with E-state index in [1.165, 1.54) is 24.1 Å². The van der Waals surface area contributed by atoms with Gasteiger partial charge >= 0.3 is 0 Å². The highest BCUT2D eigenvalue weighted by atomic mass is 35.5. The Morgan fingerprint density at radius 3 is 2.51 bits per heavy atom. The van der Waals surface area contributed by atoms with Crippen molar-refractivity contribution in [2.75, 3.05) is 36.5 Å². The number of benzene rings is 3. The lowest BCUT2D eigenvalue weighted by Crippen LogP contribution is -2.49. The second-order valence-electron chi connectivity index (χ2n) is 8.92. The first-order valence-electron chi connectivity index (χ1n) is 11.6. The SMILES string of the molecule is C[C@@H](CO)NC(=O)c1ccc(Cl)c(-c2ccc(N(C)C(=O)c3c(F)cccc3Cl)c(N3CC(F)C3)c2)c1. The van der Waals surface area contributed by atoms with Gasteiger partial charge in [0.25, 0.3) is 11.8 Å². The summed E-state index contributed by atoms with van der Waals surface area (Å²) in [6.45, 7) is 1.74. The molecule has 1 heterocycles. The molecular formula is C27H25Cl2F2N3O3. The van der Waals surface area contributed by atoms with Crippen LogP contribution in [0.3, 0.4) is 0 Å². The van der Waals surface area contributed by atoms with E-state index < -0.39 is 23.9 Å². The fraction of sp³-hybridized carbons (Fsp3) is 0.259. The van der Waals surface area contributed by atoms with Gasteiger partial charge in [-0.05, 0) is 55.0 Å². The van der Waals surface area contributed by atoms with Crippen molar-refractivity contribution >= 4 is 46.4 Å². The summed E-state index contributed by atoms with van der Waals surface area (Å²) in [7, 11) is 1.50. The lowest BCUT2D eigenvalue weighted by molar-refractivity contribution is 0.0921. The van der Waals surface area contributed by atoms with Crippen molar-refractivity contribution in [1.82, 2.24) is 5.32 Å². The highest BCUT2D eigenvalue weighted by Gasteiger charge is 2.31. The summed E-state index contributed by atoms with van der Waals surface area (Å²) in [5.41, 5.74) is 2.27. The average Bonchev–Trinajstić information content (AvgIpc) is 2.86. The Kier molecular flexibility index (Phi) is 8.02. The van der Waals surface area contributed by atoms with E-state index in [2.05, 4.69) is 5.32 Å². The van der Waals surface area contributed by atoms with Gasteiger partial charge in [0.1, 0.15) is 12.0 Å². The number of carbonyl (C=O) groups excluding carboxylic acids is 2. The van der Waals surface area contributed by atoms with Crippen LogP contribution in [0.15, 0.2) is 54.6 Å². The van der Waals surface area contributed by atoms with Gasteiger partial charge in [-0.3, -0.25) is 9.59 Å². The van der Waals surface area contributed by atoms with E-state index in [1.54, 1.807) is 48.2 Å². The van der Waals surface area contributed by atoms with Crippen LogP contribution in [0.1, 0.15) is 27.6 Å². The molecule has 194 valence electrons. The number of aliphatic hydroxyl groups excluding tert-OH is 1. The van der Waals surface area contributed by atoms with Crippen LogP contribution in [0.25, 0.3) is 11.1 Å². The zero-order chi connectivity index (χ0) is 26.9. The number of hydrogen-bond donors (Lipinski definition) is 2. The predicted octanol–water partition coefficient (Wildman–Crippen LogP) is 5.34. The van der Waals surface area contributed by atoms with Crippen LogP contribution in [0.2, 0.25) is 10.0 Å². The molecule has 0 bridgehead atoms. The monoisotopic (exact) mass is 547 g/mol. The highest BCUT2D eigenvalue weighted by molar-refractivity contribution is 6.35. The van der Waals surface area contributed by atoms with Gasteiger partial charge in [0, 0.05) is 29.2 Å². The molecule has 0 unspecified atom stereocenters. The fourth-order valence-corrected chi connectivity index (χ4v) is 4.54. The summed E-state index contributed by atoms with van der Waals surface area (Å²) in [6.07, 6.45) is -1.01. The molecule has 0 aliphatic carbocycles. The van der Waals surface area contributed by atoms with Crippen molar-refractivity contribution in [3.8, 4) is 11.1 Å². The van der Waals surface area contributed by atoms with Gasteiger partial charge in [-0.15, -0.1) is 0 Å². The Morgan fingerprint density at radius 2 is 1.86 bits per heavy atom. The van der Waals surface area contributed by atoms with Gasteiger partial charge in [-0.25, -0.2) is 8.78 Å². The molecule has 1 fully saturated rings. The predicted molar refractivity (Wildman–Crippen MR) is 142 cm³/mol. The first-order valence-corrected chi connectivity index (χ1v) is 12.3. The van der Waals surface area contributed by atoms with E-state index >= 15 is 0 Å². The molecule has 6 nitrogen and oxygen atoms in total. The summed E-state index contributed by atoms with van der Waals surface area (Å²) in [5.74, 6) is -1.76. The van der Waals surface area contributed by atoms with Crippen molar-refractivity contribution in [2.24, 2.45) is 0 Å². The van der Waals surface area contributed by atoms with Crippen LogP contribution in [0.4, 0.5) is 20.2 Å². The molecule has 2 N–H and O–H groups in total. The summed E-state index contributed by atoms with van der Waals surface area (Å²) >= 11 is 12.6. The van der Waals surface area contributed by atoms with Crippen LogP contribution in [0.5, 0.6) is 0 Å². The van der Waals surface area contributed by atoms with Crippen molar-refractivity contribution in [3.63, 3.8) is 0 Å². The number of aliphatic hydroxyl groups is 1. The molecular weight excluding hydrogens is 523 g/mol. The van der Waals surface area contributed by atoms with Crippen molar-refractivity contribution in [2.45, 2.75) is 19.1 Å². The highest BCUT2D eigenvalue weighted by Crippen LogP contribution is 2.39. The number of amides is 2. The van der Waals surface area contributed by atoms with Crippen LogP contribution in [-0.4, -0.2) is 55.9 Å². The van der Waals surface area contributed by atoms with E-state index in [0.717, 1.165) is 6.07 Å². The first kappa shape index (κ1) is 26.9. The van der Waals surface area contributed by atoms with Crippen molar-refractivity contribution in [1.29, 1.82) is 0 Å². The Balaban J connectivity index is 1.74. The minimum Gasteiger partial charge on any atom is -0.394 e. The third-order valence-corrected chi connectivity index (χ3v) is 6.83. The third-order valence-electron chi connectivity index (χ3n) is 6.19. The van der Waals surface area contributed by atoms with Gasteiger partial charge < -0.3 is 20.2 Å². The molecule has 3 aromatic carbocycles. The maximum atomic E-state index is 14.4. The Hall–Kier alpha value is -3.20. The normalized spacial score (nSPS) is 14.2. The number of alkyl halides is 1. The van der Waals surface area contributed by atoms with E-state index in [4.69, 9.17) is 23.2 Å². The Labute approximate surface area is 223 Å². The van der Waals surface area contributed by atoms with E-state index in [1.807, 2.05) is 0 Å². The van der Waals surface area contributed by atoms with Gasteiger partial charge in [-0.2, -0.15) is 0 Å². The van der Waals surface area contributed by atoms with Crippen molar-refractivity contribution in [3.05, 3.63) is 81.6 Å². The second kappa shape index (κ2) is 11.0. The first-order chi connectivity index (χ1) is 17.6. The Bertz CT molecular complexity index is 1330. The third kappa shape index (κ3) is 5.56. The number of halogens is 4. The van der Waals surface area contributed by atoms with Crippen molar-refractivity contribution < 1.29 is 23.5 Å². The Morgan fingerprint density at radius 1 is 1.14 bits per heavy atom. The maximum Gasteiger partial charge on any atom is 0.262 e. The second-order valence-corrected chi connectivity index (χ2v) is 9.73. The van der Waals surface area contributed by atoms with Crippen LogP contribution in [0, 0.1) is 5.82 Å². The molecule has 0 spiro atoms. The molecule has 2 amide bonds. The summed E-state index contributed by atoms with van der Waals surface area (Å²) in [5, 5.41) is 12.3. The zero-order valence-corrected chi connectivity index (χ0v) is 21.7. The lowest BCUT2D eigenvalue weighted by Gasteiger charge is -2.39. The number of hydrogen-bond acceptors (Lipinski definition) is 4. The maximum absolute atomic E-state index is 14.4. The molecule has 0 aromatic heterocycles. The largest absolute Gasteiger partial charge is 0.394 e. The number of anilines is 2. The van der Waals surface area contributed by atoms with E-state index in [0.29, 0.717) is 33.1 Å². The quantitative estimate of drug-likeness (QED) is 0.418. The molecule has 1 saturated heterocycles. The molecule has 37 heavy (non-hydrogen) atoms. The summed E-state index contributed by atoms with van der Waals surface area (Å²) in [6, 6.07) is 13.5. The van der Waals surface area contributed by atoms with Gasteiger partial charge in [0.15, 0.2) is 0 Å². The number of rotatable bonds is 7. The molecule has 1 aliphatic rings. The van der Waals surface area contributed by atoms with Crippen LogP contribution < -0.4 is 15.1 Å². The van der Waals surface area contributed by atoms with Crippen LogP contribution >= 0.6 is 23.2 Å². The molecule has 1 aliphatic heterocycles. The topological polar surface area (TPSA) is 72.9 Å². The smallest absolute Gasteiger partial charge is 0.262 e. The van der Waals surface area contributed by atoms with E-state index in [-0.39, 0.29) is 36.2 Å². The molecule has 3 aromatic rings. The van der Waals surface area contributed by atoms with Gasteiger partial charge in [0.05, 0.1) is 41.7 Å². The van der Waals surface area contributed by atoms with E-state index in [9.17, 15) is 23.5 Å². The molecule has 4 rings (SSSR count). The zero-order valence-electron chi connectivity index (χ0n) is 20.1. The van der Waals surface area contributed by atoms with Crippen LogP contribution in [-0.2, 0) is 0 Å². The molecule has 10 heteroatoms. The number of nitrogens with zero attached hydrogens (tertiary/aromatic N) is 2. The average molecular weight is 548 g/mol. The molecule has 0 radical (unpaired) electrons. The number of carbonyl (C=O) groups is 2. The summed E-state index contributed by atoms with van der Waals surface area (Å²) in [4.78, 5) is 28.8. The minimum atomic E-state index is -1.01. The standard InChI is InChI=1S/C27H25Cl2F2N3O3/c1-15(14-35)32-26(36)17-6-8-20(28)19(10-17)16-7-9-23(24(11-16)34-12-18(30)13-34)33(2)27(37)25-21(29)4-3-5-22(25)31/h3-11,15,18,35H,12-14H2,1-2H3,(H,32,36)/t15-/m0/s1.